The molecule has 1 atom stereocenters. The van der Waals surface area contributed by atoms with E-state index < -0.39 is 0 Å². The fourth-order valence-corrected chi connectivity index (χ4v) is 5.36. The van der Waals surface area contributed by atoms with Gasteiger partial charge in [-0.3, -0.25) is 4.79 Å². The third-order valence-corrected chi connectivity index (χ3v) is 6.73. The molecular formula is C22H17N5OS. The van der Waals surface area contributed by atoms with Gasteiger partial charge in [0.15, 0.2) is 0 Å². The fourth-order valence-electron chi connectivity index (χ4n) is 4.17. The van der Waals surface area contributed by atoms with Gasteiger partial charge in [0.05, 0.1) is 29.3 Å². The third-order valence-electron chi connectivity index (χ3n) is 5.56. The third kappa shape index (κ3) is 2.51. The molecule has 29 heavy (non-hydrogen) atoms. The second-order valence-electron chi connectivity index (χ2n) is 7.19. The molecule has 0 saturated carbocycles. The van der Waals surface area contributed by atoms with Gasteiger partial charge in [-0.2, -0.15) is 5.10 Å². The zero-order chi connectivity index (χ0) is 19.4. The molecule has 0 bridgehead atoms. The number of thiophene rings is 1. The summed E-state index contributed by atoms with van der Waals surface area (Å²) in [7, 11) is 0. The van der Waals surface area contributed by atoms with Crippen LogP contribution in [0.2, 0.25) is 0 Å². The molecule has 0 aliphatic carbocycles. The number of H-pyrrole nitrogens is 1. The predicted molar refractivity (Wildman–Crippen MR) is 112 cm³/mol. The normalized spacial score (nSPS) is 16.4. The largest absolute Gasteiger partial charge is 0.348 e. The van der Waals surface area contributed by atoms with Gasteiger partial charge in [0.25, 0.3) is 5.91 Å². The molecule has 0 spiro atoms. The minimum Gasteiger partial charge on any atom is -0.348 e. The molecule has 1 aliphatic rings. The first-order valence-electron chi connectivity index (χ1n) is 9.53. The van der Waals surface area contributed by atoms with Gasteiger partial charge >= 0.3 is 0 Å². The van der Waals surface area contributed by atoms with E-state index in [9.17, 15) is 4.79 Å². The number of hydrogen-bond acceptors (Lipinski definition) is 4. The van der Waals surface area contributed by atoms with Crippen LogP contribution in [0.1, 0.15) is 32.7 Å². The highest BCUT2D eigenvalue weighted by Gasteiger charge is 2.36. The lowest BCUT2D eigenvalue weighted by atomic mass is 9.99. The monoisotopic (exact) mass is 399 g/mol. The Morgan fingerprint density at radius 3 is 3.00 bits per heavy atom. The first kappa shape index (κ1) is 16.5. The molecule has 0 fully saturated rings. The molecule has 7 heteroatoms. The number of hydrogen-bond donors (Lipinski definition) is 1. The van der Waals surface area contributed by atoms with Crippen molar-refractivity contribution in [3.8, 4) is 0 Å². The predicted octanol–water partition coefficient (Wildman–Crippen LogP) is 4.06. The summed E-state index contributed by atoms with van der Waals surface area (Å²) in [5.74, 6) is -0.0118. The van der Waals surface area contributed by atoms with Crippen LogP contribution in [-0.2, 0) is 6.42 Å². The molecule has 0 unspecified atom stereocenters. The number of nitrogens with zero attached hydrogens (tertiary/aromatic N) is 4. The highest BCUT2D eigenvalue weighted by Crippen LogP contribution is 2.40. The number of carbonyl (C=O) groups excluding carboxylic acids is 1. The summed E-state index contributed by atoms with van der Waals surface area (Å²) in [5.41, 5.74) is 3.49. The van der Waals surface area contributed by atoms with Gasteiger partial charge in [-0.05, 0) is 29.7 Å². The Kier molecular flexibility index (Phi) is 3.57. The van der Waals surface area contributed by atoms with E-state index in [2.05, 4.69) is 33.3 Å². The maximum Gasteiger partial charge on any atom is 0.258 e. The Bertz CT molecular complexity index is 1330. The van der Waals surface area contributed by atoms with Crippen LogP contribution in [-0.4, -0.2) is 36.9 Å². The average Bonchev–Trinajstić information content (AvgIpc) is 3.49. The molecule has 0 saturated heterocycles. The van der Waals surface area contributed by atoms with Gasteiger partial charge < -0.3 is 9.88 Å². The Balaban J connectivity index is 1.49. The Labute approximate surface area is 170 Å². The van der Waals surface area contributed by atoms with Crippen molar-refractivity contribution in [3.05, 3.63) is 89.1 Å². The second kappa shape index (κ2) is 6.28. The molecule has 6 nitrogen and oxygen atoms in total. The first-order chi connectivity index (χ1) is 14.3. The molecule has 5 heterocycles. The van der Waals surface area contributed by atoms with Crippen LogP contribution >= 0.6 is 11.3 Å². The number of amides is 1. The fraction of sp³-hybridized carbons (Fsp3) is 0.136. The zero-order valence-electron chi connectivity index (χ0n) is 15.4. The topological polar surface area (TPSA) is 66.3 Å². The smallest absolute Gasteiger partial charge is 0.258 e. The molecule has 5 aromatic rings. The Morgan fingerprint density at radius 1 is 1.17 bits per heavy atom. The van der Waals surface area contributed by atoms with Crippen molar-refractivity contribution in [1.82, 2.24) is 24.5 Å². The molecule has 0 radical (unpaired) electrons. The summed E-state index contributed by atoms with van der Waals surface area (Å²) in [4.78, 5) is 24.6. The molecule has 4 aromatic heterocycles. The van der Waals surface area contributed by atoms with Gasteiger partial charge in [0.2, 0.25) is 0 Å². The van der Waals surface area contributed by atoms with Crippen LogP contribution in [0, 0.1) is 0 Å². The van der Waals surface area contributed by atoms with E-state index in [0.717, 1.165) is 28.2 Å². The van der Waals surface area contributed by atoms with Crippen molar-refractivity contribution in [3.63, 3.8) is 0 Å². The zero-order valence-corrected chi connectivity index (χ0v) is 16.3. The minimum absolute atomic E-state index is 0.0118. The second-order valence-corrected chi connectivity index (χ2v) is 8.31. The number of aromatic amines is 1. The van der Waals surface area contributed by atoms with Crippen LogP contribution in [0.5, 0.6) is 0 Å². The molecule has 1 amide bonds. The van der Waals surface area contributed by atoms with Crippen LogP contribution in [0.4, 0.5) is 0 Å². The number of imidazole rings is 1. The van der Waals surface area contributed by atoms with Gasteiger partial charge in [-0.15, -0.1) is 11.3 Å². The van der Waals surface area contributed by atoms with Crippen molar-refractivity contribution < 1.29 is 4.79 Å². The van der Waals surface area contributed by atoms with Gasteiger partial charge in [-0.1, -0.05) is 24.3 Å². The quantitative estimate of drug-likeness (QED) is 0.487. The van der Waals surface area contributed by atoms with E-state index in [0.29, 0.717) is 12.1 Å². The highest BCUT2D eigenvalue weighted by molar-refractivity contribution is 7.19. The maximum atomic E-state index is 13.6. The number of fused-ring (bicyclic) bond motifs is 3. The number of benzene rings is 1. The van der Waals surface area contributed by atoms with E-state index in [1.54, 1.807) is 28.4 Å². The van der Waals surface area contributed by atoms with Crippen LogP contribution in [0.25, 0.3) is 15.6 Å². The SMILES string of the molecule is O=C(c1cnn2ccccc12)N1CCc2[nH]cnc2[C@@H]1c1cc2ccccc2s1. The van der Waals surface area contributed by atoms with Gasteiger partial charge in [0, 0.05) is 34.4 Å². The molecule has 6 rings (SSSR count). The summed E-state index contributed by atoms with van der Waals surface area (Å²) in [6.45, 7) is 0.636. The molecule has 1 aromatic carbocycles. The van der Waals surface area contributed by atoms with E-state index >= 15 is 0 Å². The van der Waals surface area contributed by atoms with Crippen LogP contribution in [0.3, 0.4) is 0 Å². The summed E-state index contributed by atoms with van der Waals surface area (Å²) < 4.78 is 2.96. The van der Waals surface area contributed by atoms with Crippen molar-refractivity contribution in [2.24, 2.45) is 0 Å². The summed E-state index contributed by atoms with van der Waals surface area (Å²) in [6.07, 6.45) is 6.02. The van der Waals surface area contributed by atoms with Crippen LogP contribution in [0.15, 0.2) is 67.3 Å². The first-order valence-corrected chi connectivity index (χ1v) is 10.4. The average molecular weight is 399 g/mol. The molecule has 1 N–H and O–H groups in total. The molecule has 1 aliphatic heterocycles. The maximum absolute atomic E-state index is 13.6. The van der Waals surface area contributed by atoms with Gasteiger partial charge in [0.1, 0.15) is 6.04 Å². The van der Waals surface area contributed by atoms with Gasteiger partial charge in [-0.25, -0.2) is 9.50 Å². The number of carbonyl (C=O) groups is 1. The molecule has 142 valence electrons. The summed E-state index contributed by atoms with van der Waals surface area (Å²) >= 11 is 1.72. The highest BCUT2D eigenvalue weighted by atomic mass is 32.1. The Hall–Kier alpha value is -3.45. The minimum atomic E-state index is -0.200. The Morgan fingerprint density at radius 2 is 2.07 bits per heavy atom. The van der Waals surface area contributed by atoms with Crippen molar-refractivity contribution in [2.45, 2.75) is 12.5 Å². The summed E-state index contributed by atoms with van der Waals surface area (Å²) in [5, 5.41) is 5.54. The van der Waals surface area contributed by atoms with Crippen LogP contribution < -0.4 is 0 Å². The lowest BCUT2D eigenvalue weighted by Gasteiger charge is -2.34. The van der Waals surface area contributed by atoms with Crippen molar-refractivity contribution >= 4 is 32.8 Å². The summed E-state index contributed by atoms with van der Waals surface area (Å²) in [6, 6.07) is 16.1. The van der Waals surface area contributed by atoms with E-state index in [4.69, 9.17) is 0 Å². The number of pyridine rings is 1. The number of rotatable bonds is 2. The van der Waals surface area contributed by atoms with E-state index in [1.165, 1.54) is 10.1 Å². The van der Waals surface area contributed by atoms with E-state index in [-0.39, 0.29) is 11.9 Å². The number of nitrogens with one attached hydrogen (secondary N) is 1. The number of aromatic nitrogens is 4. The lowest BCUT2D eigenvalue weighted by Crippen LogP contribution is -2.40. The lowest BCUT2D eigenvalue weighted by molar-refractivity contribution is 0.0695. The van der Waals surface area contributed by atoms with Crippen molar-refractivity contribution in [1.29, 1.82) is 0 Å². The van der Waals surface area contributed by atoms with E-state index in [1.807, 2.05) is 41.4 Å². The van der Waals surface area contributed by atoms with Crippen molar-refractivity contribution in [2.75, 3.05) is 6.54 Å². The molecular weight excluding hydrogens is 382 g/mol. The standard InChI is InChI=1S/C22H17N5OS/c28-22(15-12-25-27-9-4-3-6-17(15)27)26-10-8-16-20(24-13-23-16)21(26)19-11-14-5-1-2-7-18(14)29-19/h1-7,9,11-13,21H,8,10H2,(H,23,24)/t21-/m0/s1.